The van der Waals surface area contributed by atoms with Crippen molar-refractivity contribution >= 4 is 6.09 Å². The number of rotatable bonds is 3. The van der Waals surface area contributed by atoms with E-state index >= 15 is 0 Å². The maximum atomic E-state index is 11.4. The summed E-state index contributed by atoms with van der Waals surface area (Å²) in [6, 6.07) is 0.286. The zero-order valence-corrected chi connectivity index (χ0v) is 10.7. The Morgan fingerprint density at radius 3 is 2.94 bits per heavy atom. The van der Waals surface area contributed by atoms with Crippen LogP contribution in [0.25, 0.3) is 0 Å². The maximum absolute atomic E-state index is 11.4. The Bertz CT molecular complexity index is 295. The van der Waals surface area contributed by atoms with Crippen LogP contribution in [0.5, 0.6) is 0 Å². The molecule has 2 heterocycles. The molecule has 0 aliphatic carbocycles. The van der Waals surface area contributed by atoms with Crippen LogP contribution in [0, 0.1) is 0 Å². The fourth-order valence-corrected chi connectivity index (χ4v) is 3.11. The smallest absolute Gasteiger partial charge is 0.409 e. The number of carbonyl (C=O) groups is 1. The molecular weight excluding hydrogens is 220 g/mol. The summed E-state index contributed by atoms with van der Waals surface area (Å²) >= 11 is 0. The van der Waals surface area contributed by atoms with Crippen LogP contribution in [-0.2, 0) is 4.74 Å². The summed E-state index contributed by atoms with van der Waals surface area (Å²) in [5.74, 6) is 0. The molecule has 0 bridgehead atoms. The van der Waals surface area contributed by atoms with Crippen LogP contribution in [-0.4, -0.2) is 66.4 Å². The van der Waals surface area contributed by atoms with Crippen molar-refractivity contribution in [2.75, 3.05) is 33.9 Å². The molecular formula is C12H22N2O3. The molecule has 0 radical (unpaired) electrons. The van der Waals surface area contributed by atoms with E-state index in [0.717, 1.165) is 32.2 Å². The fraction of sp³-hybridized carbons (Fsp3) is 0.917. The van der Waals surface area contributed by atoms with Gasteiger partial charge in [-0.1, -0.05) is 0 Å². The van der Waals surface area contributed by atoms with Crippen molar-refractivity contribution in [2.24, 2.45) is 0 Å². The Balaban J connectivity index is 1.89. The number of hydrogen-bond acceptors (Lipinski definition) is 4. The molecule has 2 saturated heterocycles. The third-order valence-electron chi connectivity index (χ3n) is 4.09. The molecule has 2 aliphatic heterocycles. The molecule has 17 heavy (non-hydrogen) atoms. The minimum absolute atomic E-state index is 0.0187. The highest BCUT2D eigenvalue weighted by atomic mass is 16.6. The molecule has 1 N–H and O–H groups in total. The zero-order valence-electron chi connectivity index (χ0n) is 10.7. The van der Waals surface area contributed by atoms with Crippen molar-refractivity contribution in [1.82, 2.24) is 9.80 Å². The lowest BCUT2D eigenvalue weighted by atomic mass is 9.95. The van der Waals surface area contributed by atoms with Crippen molar-refractivity contribution in [3.05, 3.63) is 0 Å². The molecule has 2 fully saturated rings. The van der Waals surface area contributed by atoms with Crippen LogP contribution in [0.4, 0.5) is 4.79 Å². The summed E-state index contributed by atoms with van der Waals surface area (Å²) in [4.78, 5) is 15.2. The summed E-state index contributed by atoms with van der Waals surface area (Å²) < 4.78 is 5.25. The molecule has 0 spiro atoms. The number of ether oxygens (including phenoxy) is 1. The maximum Gasteiger partial charge on any atom is 0.409 e. The van der Waals surface area contributed by atoms with Gasteiger partial charge in [-0.05, 0) is 32.2 Å². The van der Waals surface area contributed by atoms with Gasteiger partial charge >= 0.3 is 6.09 Å². The van der Waals surface area contributed by atoms with Gasteiger partial charge < -0.3 is 14.7 Å². The minimum atomic E-state index is -0.286. The number of aliphatic hydroxyl groups is 1. The van der Waals surface area contributed by atoms with E-state index in [2.05, 4.69) is 4.90 Å². The lowest BCUT2D eigenvalue weighted by Gasteiger charge is -2.33. The van der Waals surface area contributed by atoms with E-state index < -0.39 is 0 Å². The molecule has 1 amide bonds. The van der Waals surface area contributed by atoms with Crippen LogP contribution in [0.1, 0.15) is 25.7 Å². The van der Waals surface area contributed by atoms with Crippen molar-refractivity contribution < 1.29 is 14.6 Å². The van der Waals surface area contributed by atoms with Crippen LogP contribution in [0.15, 0.2) is 0 Å². The molecule has 5 nitrogen and oxygen atoms in total. The van der Waals surface area contributed by atoms with E-state index in [9.17, 15) is 9.90 Å². The number of carbonyl (C=O) groups excluding carboxylic acids is 1. The SMILES string of the molecule is CN(C)C(=O)OC[C@@H]1CC[C@]2(CO)CCCN12. The Kier molecular flexibility index (Phi) is 3.58. The van der Waals surface area contributed by atoms with Gasteiger partial charge in [0.25, 0.3) is 0 Å². The molecule has 2 atom stereocenters. The molecule has 5 heteroatoms. The molecule has 0 unspecified atom stereocenters. The number of amides is 1. The average molecular weight is 242 g/mol. The summed E-state index contributed by atoms with van der Waals surface area (Å²) in [6.45, 7) is 1.69. The van der Waals surface area contributed by atoms with Gasteiger partial charge in [-0.15, -0.1) is 0 Å². The van der Waals surface area contributed by atoms with E-state index in [1.54, 1.807) is 14.1 Å². The largest absolute Gasteiger partial charge is 0.448 e. The number of nitrogens with zero attached hydrogens (tertiary/aromatic N) is 2. The van der Waals surface area contributed by atoms with Crippen molar-refractivity contribution in [3.8, 4) is 0 Å². The van der Waals surface area contributed by atoms with Crippen molar-refractivity contribution in [1.29, 1.82) is 0 Å². The lowest BCUT2D eigenvalue weighted by Crippen LogP contribution is -2.46. The third-order valence-corrected chi connectivity index (χ3v) is 4.09. The van der Waals surface area contributed by atoms with Gasteiger partial charge in [-0.2, -0.15) is 0 Å². The number of hydrogen-bond donors (Lipinski definition) is 1. The first-order valence-electron chi connectivity index (χ1n) is 6.31. The first kappa shape index (κ1) is 12.6. The van der Waals surface area contributed by atoms with E-state index in [1.807, 2.05) is 0 Å². The Hall–Kier alpha value is -0.810. The van der Waals surface area contributed by atoms with E-state index in [4.69, 9.17) is 4.74 Å². The minimum Gasteiger partial charge on any atom is -0.448 e. The summed E-state index contributed by atoms with van der Waals surface area (Å²) in [5.41, 5.74) is -0.0187. The summed E-state index contributed by atoms with van der Waals surface area (Å²) in [7, 11) is 3.37. The first-order valence-corrected chi connectivity index (χ1v) is 6.31. The fourth-order valence-electron chi connectivity index (χ4n) is 3.11. The van der Waals surface area contributed by atoms with Crippen LogP contribution >= 0.6 is 0 Å². The van der Waals surface area contributed by atoms with Gasteiger partial charge in [-0.3, -0.25) is 4.90 Å². The van der Waals surface area contributed by atoms with Gasteiger partial charge in [0.2, 0.25) is 0 Å². The van der Waals surface area contributed by atoms with Crippen molar-refractivity contribution in [2.45, 2.75) is 37.3 Å². The average Bonchev–Trinajstić information content (AvgIpc) is 2.84. The predicted molar refractivity (Wildman–Crippen MR) is 63.8 cm³/mol. The predicted octanol–water partition coefficient (Wildman–Crippen LogP) is 0.674. The number of fused-ring (bicyclic) bond motifs is 1. The Labute approximate surface area is 102 Å². The second kappa shape index (κ2) is 4.82. The van der Waals surface area contributed by atoms with Crippen LogP contribution in [0.3, 0.4) is 0 Å². The molecule has 0 saturated carbocycles. The van der Waals surface area contributed by atoms with E-state index in [1.165, 1.54) is 4.90 Å². The normalized spacial score (nSPS) is 32.5. The van der Waals surface area contributed by atoms with Gasteiger partial charge in [0, 0.05) is 25.7 Å². The highest BCUT2D eigenvalue weighted by Gasteiger charge is 2.48. The third kappa shape index (κ3) is 2.26. The van der Waals surface area contributed by atoms with E-state index in [-0.39, 0.29) is 24.3 Å². The van der Waals surface area contributed by atoms with E-state index in [0.29, 0.717) is 6.61 Å². The summed E-state index contributed by atoms with van der Waals surface area (Å²) in [5, 5.41) is 9.55. The molecule has 0 aromatic carbocycles. The standard InChI is InChI=1S/C12H22N2O3/c1-13(2)11(16)17-8-10-4-6-12(9-15)5-3-7-14(10)12/h10,15H,3-9H2,1-2H3/t10-,12-/m0/s1. The monoisotopic (exact) mass is 242 g/mol. The second-order valence-electron chi connectivity index (χ2n) is 5.34. The molecule has 2 rings (SSSR count). The van der Waals surface area contributed by atoms with Crippen molar-refractivity contribution in [3.63, 3.8) is 0 Å². The Morgan fingerprint density at radius 1 is 1.53 bits per heavy atom. The molecule has 98 valence electrons. The second-order valence-corrected chi connectivity index (χ2v) is 5.34. The first-order chi connectivity index (χ1) is 8.09. The Morgan fingerprint density at radius 2 is 2.29 bits per heavy atom. The topological polar surface area (TPSA) is 53.0 Å². The number of aliphatic hydroxyl groups excluding tert-OH is 1. The van der Waals surface area contributed by atoms with Crippen LogP contribution in [0.2, 0.25) is 0 Å². The molecule has 2 aliphatic rings. The van der Waals surface area contributed by atoms with Gasteiger partial charge in [-0.25, -0.2) is 4.79 Å². The quantitative estimate of drug-likeness (QED) is 0.790. The van der Waals surface area contributed by atoms with Gasteiger partial charge in [0.15, 0.2) is 0 Å². The zero-order chi connectivity index (χ0) is 12.5. The lowest BCUT2D eigenvalue weighted by molar-refractivity contribution is 0.0447. The van der Waals surface area contributed by atoms with Gasteiger partial charge in [0.05, 0.1) is 6.61 Å². The molecule has 0 aromatic rings. The highest BCUT2D eigenvalue weighted by molar-refractivity contribution is 5.66. The molecule has 0 aromatic heterocycles. The highest BCUT2D eigenvalue weighted by Crippen LogP contribution is 2.41. The van der Waals surface area contributed by atoms with Crippen LogP contribution < -0.4 is 0 Å². The summed E-state index contributed by atoms with van der Waals surface area (Å²) in [6.07, 6.45) is 3.96. The van der Waals surface area contributed by atoms with Gasteiger partial charge in [0.1, 0.15) is 6.61 Å².